The summed E-state index contributed by atoms with van der Waals surface area (Å²) in [5.74, 6) is -1.01. The molecule has 0 heterocycles. The number of benzene rings is 2. The highest BCUT2D eigenvalue weighted by molar-refractivity contribution is 7.90. The number of hydrogen-bond donors (Lipinski definition) is 1. The Kier molecular flexibility index (Phi) is 6.14. The van der Waals surface area contributed by atoms with Gasteiger partial charge in [0.15, 0.2) is 11.6 Å². The fourth-order valence-corrected chi connectivity index (χ4v) is 3.22. The lowest BCUT2D eigenvalue weighted by Gasteiger charge is -2.09. The van der Waals surface area contributed by atoms with Crippen LogP contribution in [-0.2, 0) is 14.8 Å². The molecule has 2 rings (SSSR count). The second-order valence-electron chi connectivity index (χ2n) is 5.66. The molecule has 0 saturated carbocycles. The van der Waals surface area contributed by atoms with E-state index in [1.54, 1.807) is 25.1 Å². The van der Waals surface area contributed by atoms with Crippen LogP contribution >= 0.6 is 0 Å². The van der Waals surface area contributed by atoms with Crippen LogP contribution < -0.4 is 9.46 Å². The lowest BCUT2D eigenvalue weighted by atomic mass is 10.1. The van der Waals surface area contributed by atoms with Gasteiger partial charge in [-0.15, -0.1) is 0 Å². The third-order valence-electron chi connectivity index (χ3n) is 3.68. The van der Waals surface area contributed by atoms with Gasteiger partial charge in [0.25, 0.3) is 10.0 Å². The van der Waals surface area contributed by atoms with Crippen molar-refractivity contribution in [3.8, 4) is 5.75 Å². The van der Waals surface area contributed by atoms with Gasteiger partial charge in [-0.05, 0) is 55.7 Å². The van der Waals surface area contributed by atoms with Crippen LogP contribution in [0.15, 0.2) is 47.4 Å². The summed E-state index contributed by atoms with van der Waals surface area (Å²) in [6.07, 6.45) is 0.223. The summed E-state index contributed by atoms with van der Waals surface area (Å²) < 4.78 is 45.0. The molecule has 1 N–H and O–H groups in total. The molecular formula is C18H20FNO4S. The smallest absolute Gasteiger partial charge is 0.264 e. The first-order valence-electron chi connectivity index (χ1n) is 7.80. The number of rotatable bonds is 7. The summed E-state index contributed by atoms with van der Waals surface area (Å²) in [4.78, 5) is 11.9. The molecule has 0 unspecified atom stereocenters. The minimum Gasteiger partial charge on any atom is -0.491 e. The minimum absolute atomic E-state index is 0.0431. The van der Waals surface area contributed by atoms with Crippen LogP contribution in [0.2, 0.25) is 0 Å². The molecule has 0 radical (unpaired) electrons. The molecule has 0 saturated heterocycles. The molecule has 0 aliphatic heterocycles. The van der Waals surface area contributed by atoms with Crippen LogP contribution in [0.25, 0.3) is 0 Å². The van der Waals surface area contributed by atoms with E-state index in [0.29, 0.717) is 0 Å². The zero-order valence-electron chi connectivity index (χ0n) is 14.1. The van der Waals surface area contributed by atoms with Crippen LogP contribution in [0.4, 0.5) is 4.39 Å². The molecule has 0 fully saturated rings. The van der Waals surface area contributed by atoms with Crippen LogP contribution in [0.1, 0.15) is 24.0 Å². The van der Waals surface area contributed by atoms with Gasteiger partial charge in [0, 0.05) is 6.42 Å². The summed E-state index contributed by atoms with van der Waals surface area (Å²) in [7, 11) is -3.90. The van der Waals surface area contributed by atoms with Crippen molar-refractivity contribution in [1.29, 1.82) is 0 Å². The minimum atomic E-state index is -3.90. The van der Waals surface area contributed by atoms with E-state index in [-0.39, 0.29) is 30.1 Å². The van der Waals surface area contributed by atoms with E-state index in [0.717, 1.165) is 11.1 Å². The van der Waals surface area contributed by atoms with Gasteiger partial charge in [-0.1, -0.05) is 18.2 Å². The molecule has 2 aromatic carbocycles. The standard InChI is InChI=1S/C18H20FNO4S/c1-13-9-10-15(12-14(13)2)25(22,23)20-18(21)8-5-11-24-17-7-4-3-6-16(17)19/h3-4,6-7,9-10,12H,5,8,11H2,1-2H3,(H,20,21). The maximum atomic E-state index is 13.4. The van der Waals surface area contributed by atoms with Gasteiger partial charge in [-0.2, -0.15) is 0 Å². The van der Waals surface area contributed by atoms with E-state index < -0.39 is 21.7 Å². The number of para-hydroxylation sites is 1. The normalized spacial score (nSPS) is 11.2. The van der Waals surface area contributed by atoms with Gasteiger partial charge in [0.05, 0.1) is 11.5 Å². The highest BCUT2D eigenvalue weighted by Gasteiger charge is 2.17. The molecule has 0 aliphatic carbocycles. The van der Waals surface area contributed by atoms with Gasteiger partial charge in [-0.25, -0.2) is 17.5 Å². The fraction of sp³-hybridized carbons (Fsp3) is 0.278. The Balaban J connectivity index is 1.85. The largest absolute Gasteiger partial charge is 0.491 e. The Morgan fingerprint density at radius 1 is 1.12 bits per heavy atom. The maximum Gasteiger partial charge on any atom is 0.264 e. The van der Waals surface area contributed by atoms with Crippen LogP contribution in [-0.4, -0.2) is 20.9 Å². The summed E-state index contributed by atoms with van der Waals surface area (Å²) >= 11 is 0. The van der Waals surface area contributed by atoms with Crippen molar-refractivity contribution in [3.63, 3.8) is 0 Å². The molecule has 0 bridgehead atoms. The Morgan fingerprint density at radius 3 is 2.52 bits per heavy atom. The summed E-state index contributed by atoms with van der Waals surface area (Å²) in [5.41, 5.74) is 1.80. The Morgan fingerprint density at radius 2 is 1.84 bits per heavy atom. The Hall–Kier alpha value is -2.41. The number of halogens is 1. The molecule has 0 aliphatic rings. The molecule has 0 atom stereocenters. The van der Waals surface area contributed by atoms with Crippen molar-refractivity contribution >= 4 is 15.9 Å². The molecule has 0 aromatic heterocycles. The summed E-state index contributed by atoms with van der Waals surface area (Å²) in [6, 6.07) is 10.6. The topological polar surface area (TPSA) is 72.5 Å². The molecule has 5 nitrogen and oxygen atoms in total. The number of hydrogen-bond acceptors (Lipinski definition) is 4. The Labute approximate surface area is 146 Å². The van der Waals surface area contributed by atoms with Crippen molar-refractivity contribution in [2.24, 2.45) is 0 Å². The average molecular weight is 365 g/mol. The zero-order chi connectivity index (χ0) is 18.4. The first-order valence-corrected chi connectivity index (χ1v) is 9.28. The van der Waals surface area contributed by atoms with Crippen LogP contribution in [0.5, 0.6) is 5.75 Å². The summed E-state index contributed by atoms with van der Waals surface area (Å²) in [5, 5.41) is 0. The van der Waals surface area contributed by atoms with E-state index in [1.807, 2.05) is 11.6 Å². The highest BCUT2D eigenvalue weighted by atomic mass is 32.2. The zero-order valence-corrected chi connectivity index (χ0v) is 14.9. The maximum absolute atomic E-state index is 13.4. The van der Waals surface area contributed by atoms with Gasteiger partial charge in [0.2, 0.25) is 5.91 Å². The van der Waals surface area contributed by atoms with Crippen LogP contribution in [0.3, 0.4) is 0 Å². The van der Waals surface area contributed by atoms with Crippen molar-refractivity contribution in [2.75, 3.05) is 6.61 Å². The average Bonchev–Trinajstić information content (AvgIpc) is 2.55. The molecular weight excluding hydrogens is 345 g/mol. The molecule has 7 heteroatoms. The third-order valence-corrected chi connectivity index (χ3v) is 5.05. The SMILES string of the molecule is Cc1ccc(S(=O)(=O)NC(=O)CCCOc2ccccc2F)cc1C. The summed E-state index contributed by atoms with van der Waals surface area (Å²) in [6.45, 7) is 3.79. The van der Waals surface area contributed by atoms with Crippen molar-refractivity contribution in [2.45, 2.75) is 31.6 Å². The number of carbonyl (C=O) groups excluding carboxylic acids is 1. The van der Waals surface area contributed by atoms with E-state index in [9.17, 15) is 17.6 Å². The lowest BCUT2D eigenvalue weighted by Crippen LogP contribution is -2.30. The number of ether oxygens (including phenoxy) is 1. The molecule has 25 heavy (non-hydrogen) atoms. The van der Waals surface area contributed by atoms with Gasteiger partial charge >= 0.3 is 0 Å². The van der Waals surface area contributed by atoms with Gasteiger partial charge in [-0.3, -0.25) is 4.79 Å². The fourth-order valence-electron chi connectivity index (χ4n) is 2.12. The predicted molar refractivity (Wildman–Crippen MR) is 92.4 cm³/mol. The third kappa shape index (κ3) is 5.29. The first-order chi connectivity index (χ1) is 11.8. The number of amides is 1. The number of aryl methyl sites for hydroxylation is 2. The predicted octanol–water partition coefficient (Wildman–Crippen LogP) is 3.11. The second-order valence-corrected chi connectivity index (χ2v) is 7.34. The van der Waals surface area contributed by atoms with Crippen molar-refractivity contribution in [1.82, 2.24) is 4.72 Å². The number of nitrogens with one attached hydrogen (secondary N) is 1. The van der Waals surface area contributed by atoms with Gasteiger partial charge in [0.1, 0.15) is 0 Å². The molecule has 2 aromatic rings. The van der Waals surface area contributed by atoms with E-state index >= 15 is 0 Å². The van der Waals surface area contributed by atoms with E-state index in [2.05, 4.69) is 0 Å². The number of sulfonamides is 1. The first kappa shape index (κ1) is 18.9. The highest BCUT2D eigenvalue weighted by Crippen LogP contribution is 2.16. The number of carbonyl (C=O) groups is 1. The lowest BCUT2D eigenvalue weighted by molar-refractivity contribution is -0.119. The van der Waals surface area contributed by atoms with Crippen LogP contribution in [0, 0.1) is 19.7 Å². The van der Waals surface area contributed by atoms with Crippen molar-refractivity contribution in [3.05, 3.63) is 59.4 Å². The molecule has 134 valence electrons. The molecule has 1 amide bonds. The van der Waals surface area contributed by atoms with Gasteiger partial charge < -0.3 is 4.74 Å². The molecule has 0 spiro atoms. The van der Waals surface area contributed by atoms with E-state index in [4.69, 9.17) is 4.74 Å². The second kappa shape index (κ2) is 8.11. The van der Waals surface area contributed by atoms with E-state index in [1.165, 1.54) is 24.3 Å². The monoisotopic (exact) mass is 365 g/mol. The quantitative estimate of drug-likeness (QED) is 0.765. The van der Waals surface area contributed by atoms with Crippen molar-refractivity contribution < 1.29 is 22.3 Å². The Bertz CT molecular complexity index is 865.